The minimum Gasteiger partial charge on any atom is -0.491 e. The molecule has 2 rings (SSSR count). The van der Waals surface area contributed by atoms with Crippen LogP contribution in [0.25, 0.3) is 11.3 Å². The highest BCUT2D eigenvalue weighted by atomic mass is 79.9. The molecule has 0 atom stereocenters. The summed E-state index contributed by atoms with van der Waals surface area (Å²) in [5.41, 5.74) is 0.957. The Bertz CT molecular complexity index is 531. The quantitative estimate of drug-likeness (QED) is 0.863. The number of aromatic amines is 1. The molecule has 0 fully saturated rings. The summed E-state index contributed by atoms with van der Waals surface area (Å²) < 4.78 is 24.8. The normalized spacial score (nSPS) is 10.6. The largest absolute Gasteiger partial charge is 0.491 e. The Morgan fingerprint density at radius 3 is 2.83 bits per heavy atom. The van der Waals surface area contributed by atoms with Gasteiger partial charge in [0.1, 0.15) is 23.9 Å². The molecule has 2 aromatic rings. The lowest BCUT2D eigenvalue weighted by Gasteiger charge is -2.07. The van der Waals surface area contributed by atoms with E-state index < -0.39 is 0 Å². The fourth-order valence-corrected chi connectivity index (χ4v) is 1.89. The number of aromatic nitrogens is 2. The Kier molecular flexibility index (Phi) is 4.33. The van der Waals surface area contributed by atoms with Crippen molar-refractivity contribution in [1.82, 2.24) is 10.2 Å². The molecule has 1 aromatic carbocycles. The number of nitrogens with one attached hydrogen (secondary N) is 1. The van der Waals surface area contributed by atoms with Gasteiger partial charge < -0.3 is 9.47 Å². The van der Waals surface area contributed by atoms with Crippen LogP contribution in [0.1, 0.15) is 0 Å². The summed E-state index contributed by atoms with van der Waals surface area (Å²) in [6, 6.07) is 4.68. The summed E-state index contributed by atoms with van der Waals surface area (Å²) in [5.74, 6) is 0.0951. The minimum absolute atomic E-state index is 0.377. The number of hydrogen-bond donors (Lipinski definition) is 1. The van der Waals surface area contributed by atoms with Crippen molar-refractivity contribution >= 4 is 15.9 Å². The van der Waals surface area contributed by atoms with Crippen LogP contribution in [0, 0.1) is 5.82 Å². The molecule has 1 heterocycles. The molecule has 0 amide bonds. The minimum atomic E-state index is -0.377. The van der Waals surface area contributed by atoms with Gasteiger partial charge >= 0.3 is 0 Å². The predicted octanol–water partition coefficient (Wildman–Crippen LogP) is 3.00. The van der Waals surface area contributed by atoms with E-state index in [0.717, 1.165) is 4.47 Å². The second kappa shape index (κ2) is 5.97. The van der Waals surface area contributed by atoms with Gasteiger partial charge in [-0.05, 0) is 28.1 Å². The fourth-order valence-electron chi connectivity index (χ4n) is 1.48. The zero-order valence-electron chi connectivity index (χ0n) is 9.74. The number of benzene rings is 1. The second-order valence-electron chi connectivity index (χ2n) is 3.56. The van der Waals surface area contributed by atoms with Gasteiger partial charge in [-0.25, -0.2) is 4.39 Å². The van der Waals surface area contributed by atoms with Gasteiger partial charge in [0.25, 0.3) is 0 Å². The summed E-state index contributed by atoms with van der Waals surface area (Å²) in [6.07, 6.45) is 1.65. The van der Waals surface area contributed by atoms with Gasteiger partial charge in [-0.3, -0.25) is 5.10 Å². The summed E-state index contributed by atoms with van der Waals surface area (Å²) in [7, 11) is 1.59. The maximum atomic E-state index is 13.9. The molecule has 6 heteroatoms. The molecule has 0 radical (unpaired) electrons. The standard InChI is InChI=1S/C12H12BrFN2O2/c1-17-4-5-18-8-2-3-9(11(14)6-8)12-10(13)7-15-16-12/h2-3,6-7H,4-5H2,1H3,(H,15,16). The lowest BCUT2D eigenvalue weighted by Crippen LogP contribution is -2.04. The molecule has 18 heavy (non-hydrogen) atoms. The molecule has 0 saturated carbocycles. The molecule has 96 valence electrons. The third kappa shape index (κ3) is 2.88. The van der Waals surface area contributed by atoms with Gasteiger partial charge in [0.15, 0.2) is 0 Å². The predicted molar refractivity (Wildman–Crippen MR) is 69.1 cm³/mol. The Morgan fingerprint density at radius 2 is 2.22 bits per heavy atom. The van der Waals surface area contributed by atoms with E-state index in [1.54, 1.807) is 25.4 Å². The first kappa shape index (κ1) is 13.0. The molecule has 0 aliphatic carbocycles. The second-order valence-corrected chi connectivity index (χ2v) is 4.42. The van der Waals surface area contributed by atoms with Crippen molar-refractivity contribution in [3.63, 3.8) is 0 Å². The van der Waals surface area contributed by atoms with Gasteiger partial charge in [-0.15, -0.1) is 0 Å². The SMILES string of the molecule is COCCOc1ccc(-c2n[nH]cc2Br)c(F)c1. The molecule has 4 nitrogen and oxygen atoms in total. The summed E-state index contributed by atoms with van der Waals surface area (Å²) in [6.45, 7) is 0.857. The number of methoxy groups -OCH3 is 1. The van der Waals surface area contributed by atoms with E-state index in [0.29, 0.717) is 30.2 Å². The van der Waals surface area contributed by atoms with Gasteiger partial charge in [0, 0.05) is 24.9 Å². The van der Waals surface area contributed by atoms with Crippen LogP contribution in [0.5, 0.6) is 5.75 Å². The monoisotopic (exact) mass is 314 g/mol. The summed E-state index contributed by atoms with van der Waals surface area (Å²) in [4.78, 5) is 0. The van der Waals surface area contributed by atoms with Gasteiger partial charge in [0.05, 0.1) is 11.1 Å². The Balaban J connectivity index is 2.18. The fraction of sp³-hybridized carbons (Fsp3) is 0.250. The van der Waals surface area contributed by atoms with Crippen molar-refractivity contribution < 1.29 is 13.9 Å². The third-order valence-electron chi connectivity index (χ3n) is 2.35. The average Bonchev–Trinajstić information content (AvgIpc) is 2.76. The van der Waals surface area contributed by atoms with Gasteiger partial charge in [-0.2, -0.15) is 5.10 Å². The molecular weight excluding hydrogens is 303 g/mol. The lowest BCUT2D eigenvalue weighted by atomic mass is 10.1. The number of ether oxygens (including phenoxy) is 2. The van der Waals surface area contributed by atoms with Crippen molar-refractivity contribution in [2.24, 2.45) is 0 Å². The molecule has 0 spiro atoms. The highest BCUT2D eigenvalue weighted by Crippen LogP contribution is 2.29. The molecular formula is C12H12BrFN2O2. The highest BCUT2D eigenvalue weighted by Gasteiger charge is 2.12. The molecule has 0 bridgehead atoms. The summed E-state index contributed by atoms with van der Waals surface area (Å²) in [5, 5.41) is 6.65. The van der Waals surface area contributed by atoms with E-state index in [4.69, 9.17) is 9.47 Å². The molecule has 0 aliphatic rings. The van der Waals surface area contributed by atoms with Crippen LogP contribution in [0.4, 0.5) is 4.39 Å². The van der Waals surface area contributed by atoms with Crippen LogP contribution in [-0.2, 0) is 4.74 Å². The molecule has 1 N–H and O–H groups in total. The van der Waals surface area contributed by atoms with E-state index in [1.807, 2.05) is 0 Å². The van der Waals surface area contributed by atoms with Crippen molar-refractivity contribution in [2.45, 2.75) is 0 Å². The van der Waals surface area contributed by atoms with Crippen molar-refractivity contribution in [2.75, 3.05) is 20.3 Å². The number of H-pyrrole nitrogens is 1. The summed E-state index contributed by atoms with van der Waals surface area (Å²) >= 11 is 3.30. The van der Waals surface area contributed by atoms with Crippen LogP contribution in [0.3, 0.4) is 0 Å². The molecule has 1 aromatic heterocycles. The first-order valence-electron chi connectivity index (χ1n) is 5.33. The highest BCUT2D eigenvalue weighted by molar-refractivity contribution is 9.10. The number of nitrogens with zero attached hydrogens (tertiary/aromatic N) is 1. The van der Waals surface area contributed by atoms with Crippen molar-refractivity contribution in [3.8, 4) is 17.0 Å². The smallest absolute Gasteiger partial charge is 0.136 e. The van der Waals surface area contributed by atoms with E-state index in [-0.39, 0.29) is 5.82 Å². The number of hydrogen-bond acceptors (Lipinski definition) is 3. The first-order chi connectivity index (χ1) is 8.72. The Labute approximate surface area is 112 Å². The molecule has 0 aliphatic heterocycles. The number of halogens is 2. The van der Waals surface area contributed by atoms with Crippen molar-refractivity contribution in [1.29, 1.82) is 0 Å². The van der Waals surface area contributed by atoms with E-state index >= 15 is 0 Å². The molecule has 0 unspecified atom stereocenters. The van der Waals surface area contributed by atoms with Crippen molar-refractivity contribution in [3.05, 3.63) is 34.7 Å². The molecule has 0 saturated heterocycles. The Morgan fingerprint density at radius 1 is 1.39 bits per heavy atom. The van der Waals surface area contributed by atoms with E-state index in [1.165, 1.54) is 6.07 Å². The first-order valence-corrected chi connectivity index (χ1v) is 6.12. The van der Waals surface area contributed by atoms with Gasteiger partial charge in [-0.1, -0.05) is 0 Å². The van der Waals surface area contributed by atoms with Crippen LogP contribution < -0.4 is 4.74 Å². The lowest BCUT2D eigenvalue weighted by molar-refractivity contribution is 0.146. The Hall–Kier alpha value is -1.40. The zero-order valence-corrected chi connectivity index (χ0v) is 11.3. The van der Waals surface area contributed by atoms with Crippen LogP contribution in [-0.4, -0.2) is 30.5 Å². The number of rotatable bonds is 5. The zero-order chi connectivity index (χ0) is 13.0. The maximum Gasteiger partial charge on any atom is 0.136 e. The topological polar surface area (TPSA) is 47.1 Å². The van der Waals surface area contributed by atoms with Gasteiger partial charge in [0.2, 0.25) is 0 Å². The average molecular weight is 315 g/mol. The maximum absolute atomic E-state index is 13.9. The van der Waals surface area contributed by atoms with E-state index in [9.17, 15) is 4.39 Å². The van der Waals surface area contributed by atoms with Crippen LogP contribution in [0.15, 0.2) is 28.9 Å². The van der Waals surface area contributed by atoms with E-state index in [2.05, 4.69) is 26.1 Å². The van der Waals surface area contributed by atoms with Crippen LogP contribution >= 0.6 is 15.9 Å². The van der Waals surface area contributed by atoms with Crippen LogP contribution in [0.2, 0.25) is 0 Å². The third-order valence-corrected chi connectivity index (χ3v) is 2.95.